The van der Waals surface area contributed by atoms with E-state index in [4.69, 9.17) is 5.11 Å². The van der Waals surface area contributed by atoms with Gasteiger partial charge in [0.1, 0.15) is 0 Å². The fourth-order valence-electron chi connectivity index (χ4n) is 1.97. The molecule has 0 atom stereocenters. The molecule has 0 radical (unpaired) electrons. The predicted molar refractivity (Wildman–Crippen MR) is 70.8 cm³/mol. The summed E-state index contributed by atoms with van der Waals surface area (Å²) >= 11 is 0. The van der Waals surface area contributed by atoms with Gasteiger partial charge in [0.05, 0.1) is 12.3 Å². The van der Waals surface area contributed by atoms with Crippen LogP contribution in [0.1, 0.15) is 11.3 Å². The lowest BCUT2D eigenvalue weighted by Gasteiger charge is -2.20. The Labute approximate surface area is 107 Å². The van der Waals surface area contributed by atoms with Gasteiger partial charge in [0.2, 0.25) is 0 Å². The number of rotatable bonds is 6. The molecular formula is C14H19N3O. The van der Waals surface area contributed by atoms with Crippen molar-refractivity contribution in [1.82, 2.24) is 14.7 Å². The molecule has 0 bridgehead atoms. The van der Waals surface area contributed by atoms with Crippen LogP contribution in [0, 0.1) is 0 Å². The number of nitrogens with zero attached hydrogens (tertiary/aromatic N) is 3. The van der Waals surface area contributed by atoms with Crippen molar-refractivity contribution in [1.29, 1.82) is 0 Å². The molecule has 0 aliphatic rings. The van der Waals surface area contributed by atoms with E-state index in [1.807, 2.05) is 37.5 Å². The fraction of sp³-hybridized carbons (Fsp3) is 0.357. The Kier molecular flexibility index (Phi) is 4.50. The summed E-state index contributed by atoms with van der Waals surface area (Å²) in [4.78, 5) is 2.19. The number of hydrogen-bond donors (Lipinski definition) is 1. The Bertz CT molecular complexity index is 467. The maximum atomic E-state index is 9.13. The molecule has 18 heavy (non-hydrogen) atoms. The zero-order valence-electron chi connectivity index (χ0n) is 10.7. The minimum absolute atomic E-state index is 0.166. The van der Waals surface area contributed by atoms with Gasteiger partial charge in [-0.3, -0.25) is 9.58 Å². The third-order valence-corrected chi connectivity index (χ3v) is 2.82. The monoisotopic (exact) mass is 245 g/mol. The summed E-state index contributed by atoms with van der Waals surface area (Å²) in [6, 6.07) is 12.3. The average molecular weight is 245 g/mol. The highest BCUT2D eigenvalue weighted by Gasteiger charge is 2.08. The molecule has 0 saturated heterocycles. The van der Waals surface area contributed by atoms with Crippen molar-refractivity contribution in [3.05, 3.63) is 53.9 Å². The first-order chi connectivity index (χ1) is 8.78. The molecule has 1 aromatic heterocycles. The topological polar surface area (TPSA) is 41.3 Å². The number of aliphatic hydroxyl groups excluding tert-OH is 1. The summed E-state index contributed by atoms with van der Waals surface area (Å²) in [6.45, 7) is 2.42. The number of aromatic nitrogens is 2. The summed E-state index contributed by atoms with van der Waals surface area (Å²) < 4.78 is 1.80. The van der Waals surface area contributed by atoms with Crippen LogP contribution < -0.4 is 0 Å². The second kappa shape index (κ2) is 6.33. The van der Waals surface area contributed by atoms with Gasteiger partial charge in [-0.05, 0) is 11.6 Å². The van der Waals surface area contributed by atoms with E-state index < -0.39 is 0 Å². The second-order valence-electron chi connectivity index (χ2n) is 4.40. The van der Waals surface area contributed by atoms with E-state index in [0.717, 1.165) is 18.8 Å². The Morgan fingerprint density at radius 2 is 1.94 bits per heavy atom. The van der Waals surface area contributed by atoms with Gasteiger partial charge >= 0.3 is 0 Å². The van der Waals surface area contributed by atoms with Gasteiger partial charge in [-0.2, -0.15) is 5.10 Å². The molecule has 4 nitrogen and oxygen atoms in total. The molecule has 4 heteroatoms. The number of hydrogen-bond acceptors (Lipinski definition) is 3. The molecule has 2 aromatic rings. The number of aryl methyl sites for hydroxylation is 1. The van der Waals surface area contributed by atoms with Crippen LogP contribution >= 0.6 is 0 Å². The van der Waals surface area contributed by atoms with E-state index >= 15 is 0 Å². The van der Waals surface area contributed by atoms with Crippen molar-refractivity contribution >= 4 is 0 Å². The highest BCUT2D eigenvalue weighted by atomic mass is 16.3. The molecule has 0 amide bonds. The first-order valence-corrected chi connectivity index (χ1v) is 6.13. The molecule has 96 valence electrons. The molecule has 0 aliphatic heterocycles. The molecule has 1 aromatic carbocycles. The molecule has 0 fully saturated rings. The largest absolute Gasteiger partial charge is 0.395 e. The predicted octanol–water partition coefficient (Wildman–Crippen LogP) is 1.41. The summed E-state index contributed by atoms with van der Waals surface area (Å²) in [5.74, 6) is 0. The normalized spacial score (nSPS) is 11.1. The van der Waals surface area contributed by atoms with Gasteiger partial charge in [0, 0.05) is 32.9 Å². The van der Waals surface area contributed by atoms with E-state index in [1.54, 1.807) is 4.68 Å². The Balaban J connectivity index is 1.99. The van der Waals surface area contributed by atoms with Crippen LogP contribution in [0.3, 0.4) is 0 Å². The van der Waals surface area contributed by atoms with Gasteiger partial charge in [-0.15, -0.1) is 0 Å². The van der Waals surface area contributed by atoms with E-state index in [0.29, 0.717) is 6.54 Å². The highest BCUT2D eigenvalue weighted by Crippen LogP contribution is 2.08. The van der Waals surface area contributed by atoms with Crippen LogP contribution in [0.5, 0.6) is 0 Å². The minimum Gasteiger partial charge on any atom is -0.395 e. The van der Waals surface area contributed by atoms with Crippen molar-refractivity contribution in [2.24, 2.45) is 7.05 Å². The zero-order chi connectivity index (χ0) is 12.8. The van der Waals surface area contributed by atoms with Crippen molar-refractivity contribution in [3.8, 4) is 0 Å². The van der Waals surface area contributed by atoms with Crippen LogP contribution in [0.25, 0.3) is 0 Å². The standard InChI is InChI=1S/C14H19N3O/c1-16-8-7-14(15-16)12-17(9-10-18)11-13-5-3-2-4-6-13/h2-8,18H,9-12H2,1H3. The first-order valence-electron chi connectivity index (χ1n) is 6.13. The molecule has 1 heterocycles. The SMILES string of the molecule is Cn1ccc(CN(CCO)Cc2ccccc2)n1. The summed E-state index contributed by atoms with van der Waals surface area (Å²) in [7, 11) is 1.91. The minimum atomic E-state index is 0.166. The molecule has 1 N–H and O–H groups in total. The summed E-state index contributed by atoms with van der Waals surface area (Å²) in [6.07, 6.45) is 1.94. The van der Waals surface area contributed by atoms with E-state index in [2.05, 4.69) is 22.1 Å². The van der Waals surface area contributed by atoms with Gasteiger partial charge in [0.25, 0.3) is 0 Å². The lowest BCUT2D eigenvalue weighted by molar-refractivity contribution is 0.182. The lowest BCUT2D eigenvalue weighted by atomic mass is 10.2. The Hall–Kier alpha value is -1.65. The third-order valence-electron chi connectivity index (χ3n) is 2.82. The van der Waals surface area contributed by atoms with Crippen LogP contribution in [0.15, 0.2) is 42.6 Å². The van der Waals surface area contributed by atoms with Crippen molar-refractivity contribution in [2.75, 3.05) is 13.2 Å². The van der Waals surface area contributed by atoms with Crippen LogP contribution in [0.2, 0.25) is 0 Å². The van der Waals surface area contributed by atoms with Gasteiger partial charge in [-0.25, -0.2) is 0 Å². The Morgan fingerprint density at radius 1 is 1.17 bits per heavy atom. The summed E-state index contributed by atoms with van der Waals surface area (Å²) in [5, 5.41) is 13.5. The quantitative estimate of drug-likeness (QED) is 0.836. The highest BCUT2D eigenvalue weighted by molar-refractivity contribution is 5.14. The molecule has 2 rings (SSSR count). The van der Waals surface area contributed by atoms with Gasteiger partial charge in [0.15, 0.2) is 0 Å². The first kappa shape index (κ1) is 12.8. The lowest BCUT2D eigenvalue weighted by Crippen LogP contribution is -2.26. The molecule has 0 unspecified atom stereocenters. The van der Waals surface area contributed by atoms with Crippen molar-refractivity contribution < 1.29 is 5.11 Å². The van der Waals surface area contributed by atoms with Gasteiger partial charge < -0.3 is 5.11 Å². The second-order valence-corrected chi connectivity index (χ2v) is 4.40. The Morgan fingerprint density at radius 3 is 2.56 bits per heavy atom. The maximum absolute atomic E-state index is 9.13. The molecule has 0 spiro atoms. The van der Waals surface area contributed by atoms with Crippen LogP contribution in [-0.2, 0) is 20.1 Å². The van der Waals surface area contributed by atoms with E-state index in [9.17, 15) is 0 Å². The molecule has 0 saturated carbocycles. The molecule has 0 aliphatic carbocycles. The van der Waals surface area contributed by atoms with E-state index in [-0.39, 0.29) is 6.61 Å². The van der Waals surface area contributed by atoms with Crippen LogP contribution in [0.4, 0.5) is 0 Å². The fourth-order valence-corrected chi connectivity index (χ4v) is 1.97. The number of aliphatic hydroxyl groups is 1. The zero-order valence-corrected chi connectivity index (χ0v) is 10.7. The molecular weight excluding hydrogens is 226 g/mol. The van der Waals surface area contributed by atoms with Crippen molar-refractivity contribution in [3.63, 3.8) is 0 Å². The third kappa shape index (κ3) is 3.68. The van der Waals surface area contributed by atoms with Gasteiger partial charge in [-0.1, -0.05) is 30.3 Å². The van der Waals surface area contributed by atoms with E-state index in [1.165, 1.54) is 5.56 Å². The average Bonchev–Trinajstić information content (AvgIpc) is 2.76. The van der Waals surface area contributed by atoms with Crippen molar-refractivity contribution in [2.45, 2.75) is 13.1 Å². The maximum Gasteiger partial charge on any atom is 0.0764 e. The van der Waals surface area contributed by atoms with Crippen LogP contribution in [-0.4, -0.2) is 32.9 Å². The summed E-state index contributed by atoms with van der Waals surface area (Å²) in [5.41, 5.74) is 2.28. The number of benzene rings is 1. The smallest absolute Gasteiger partial charge is 0.0764 e.